The van der Waals surface area contributed by atoms with E-state index in [-0.39, 0.29) is 0 Å². The first kappa shape index (κ1) is 8.69. The molecule has 1 aromatic rings. The van der Waals surface area contributed by atoms with E-state index in [1.54, 1.807) is 0 Å². The lowest BCUT2D eigenvalue weighted by Crippen LogP contribution is -1.92. The fraction of sp³-hybridized carbons (Fsp3) is 0.222. The van der Waals surface area contributed by atoms with Crippen molar-refractivity contribution in [2.24, 2.45) is 0 Å². The molecular formula is C9H9ClS. The third kappa shape index (κ3) is 2.28. The molecule has 0 aliphatic carbocycles. The van der Waals surface area contributed by atoms with Crippen LogP contribution in [0.3, 0.4) is 0 Å². The van der Waals surface area contributed by atoms with Gasteiger partial charge in [0.25, 0.3) is 0 Å². The highest BCUT2D eigenvalue weighted by molar-refractivity contribution is 7.80. The van der Waals surface area contributed by atoms with E-state index in [1.165, 1.54) is 0 Å². The maximum absolute atomic E-state index is 5.72. The van der Waals surface area contributed by atoms with E-state index < -0.39 is 0 Å². The van der Waals surface area contributed by atoms with Crippen LogP contribution in [0.2, 0.25) is 5.02 Å². The topological polar surface area (TPSA) is 0 Å². The van der Waals surface area contributed by atoms with Crippen LogP contribution in [0.4, 0.5) is 0 Å². The van der Waals surface area contributed by atoms with Gasteiger partial charge >= 0.3 is 0 Å². The second-order valence-electron chi connectivity index (χ2n) is 2.28. The summed E-state index contributed by atoms with van der Waals surface area (Å²) < 4.78 is 0. The standard InChI is InChI=1S/C9H9ClS/c1-2-9(11)7-3-5-8(10)6-4-7/h3-6H,2H2,1H3. The van der Waals surface area contributed by atoms with Crippen molar-refractivity contribution in [2.75, 3.05) is 0 Å². The molecule has 0 fully saturated rings. The average Bonchev–Trinajstić information content (AvgIpc) is 2.05. The SMILES string of the molecule is CCC(=S)c1ccc(Cl)cc1. The van der Waals surface area contributed by atoms with Crippen molar-refractivity contribution in [3.8, 4) is 0 Å². The molecule has 0 nitrogen and oxygen atoms in total. The summed E-state index contributed by atoms with van der Waals surface area (Å²) in [6.07, 6.45) is 0.914. The Morgan fingerprint density at radius 1 is 1.36 bits per heavy atom. The minimum absolute atomic E-state index is 0.757. The summed E-state index contributed by atoms with van der Waals surface area (Å²) in [4.78, 5) is 0.988. The Bertz CT molecular complexity index is 251. The van der Waals surface area contributed by atoms with Gasteiger partial charge in [-0.15, -0.1) is 0 Å². The molecule has 1 rings (SSSR count). The summed E-state index contributed by atoms with van der Waals surface area (Å²) in [5.74, 6) is 0. The van der Waals surface area contributed by atoms with Crippen LogP contribution in [0.5, 0.6) is 0 Å². The van der Waals surface area contributed by atoms with Crippen molar-refractivity contribution in [1.29, 1.82) is 0 Å². The zero-order chi connectivity index (χ0) is 8.27. The summed E-state index contributed by atoms with van der Waals surface area (Å²) in [6.45, 7) is 2.05. The van der Waals surface area contributed by atoms with Gasteiger partial charge in [-0.2, -0.15) is 0 Å². The normalized spacial score (nSPS) is 9.64. The third-order valence-electron chi connectivity index (χ3n) is 1.49. The molecule has 0 N–H and O–H groups in total. The first-order valence-electron chi connectivity index (χ1n) is 3.53. The molecule has 0 atom stereocenters. The minimum atomic E-state index is 0.757. The summed E-state index contributed by atoms with van der Waals surface area (Å²) in [5.41, 5.74) is 1.10. The maximum Gasteiger partial charge on any atom is 0.0406 e. The molecule has 0 unspecified atom stereocenters. The molecule has 0 aliphatic heterocycles. The van der Waals surface area contributed by atoms with Gasteiger partial charge in [0.1, 0.15) is 0 Å². The average molecular weight is 185 g/mol. The van der Waals surface area contributed by atoms with Crippen LogP contribution in [0.15, 0.2) is 24.3 Å². The van der Waals surface area contributed by atoms with Gasteiger partial charge in [0, 0.05) is 9.89 Å². The number of halogens is 1. The van der Waals surface area contributed by atoms with Gasteiger partial charge in [0.2, 0.25) is 0 Å². The van der Waals surface area contributed by atoms with E-state index in [4.69, 9.17) is 23.8 Å². The molecule has 0 heterocycles. The Labute approximate surface area is 77.2 Å². The fourth-order valence-corrected chi connectivity index (χ4v) is 1.10. The monoisotopic (exact) mass is 184 g/mol. The molecular weight excluding hydrogens is 176 g/mol. The van der Waals surface area contributed by atoms with Gasteiger partial charge in [-0.1, -0.05) is 42.9 Å². The molecule has 58 valence electrons. The van der Waals surface area contributed by atoms with Crippen molar-refractivity contribution >= 4 is 28.7 Å². The number of thiocarbonyl (C=S) groups is 1. The number of hydrogen-bond acceptors (Lipinski definition) is 1. The predicted octanol–water partition coefficient (Wildman–Crippen LogP) is 3.47. The molecule has 0 bridgehead atoms. The smallest absolute Gasteiger partial charge is 0.0406 e. The molecule has 0 spiro atoms. The first-order chi connectivity index (χ1) is 5.24. The lowest BCUT2D eigenvalue weighted by atomic mass is 10.1. The molecule has 2 heteroatoms. The van der Waals surface area contributed by atoms with E-state index >= 15 is 0 Å². The van der Waals surface area contributed by atoms with Crippen molar-refractivity contribution in [3.05, 3.63) is 34.9 Å². The van der Waals surface area contributed by atoms with Crippen LogP contribution in [0.25, 0.3) is 0 Å². The van der Waals surface area contributed by atoms with Crippen molar-refractivity contribution < 1.29 is 0 Å². The molecule has 0 saturated heterocycles. The van der Waals surface area contributed by atoms with E-state index in [2.05, 4.69) is 6.92 Å². The third-order valence-corrected chi connectivity index (χ3v) is 2.26. The minimum Gasteiger partial charge on any atom is -0.0843 e. The molecule has 0 radical (unpaired) electrons. The van der Waals surface area contributed by atoms with Gasteiger partial charge < -0.3 is 0 Å². The quantitative estimate of drug-likeness (QED) is 0.501. The van der Waals surface area contributed by atoms with E-state index in [9.17, 15) is 0 Å². The fourth-order valence-electron chi connectivity index (χ4n) is 0.840. The van der Waals surface area contributed by atoms with Crippen LogP contribution >= 0.6 is 23.8 Å². The highest BCUT2D eigenvalue weighted by Crippen LogP contribution is 2.11. The van der Waals surface area contributed by atoms with Crippen molar-refractivity contribution in [2.45, 2.75) is 13.3 Å². The molecule has 0 saturated carbocycles. The second-order valence-corrected chi connectivity index (χ2v) is 3.21. The van der Waals surface area contributed by atoms with Crippen LogP contribution in [0, 0.1) is 0 Å². The van der Waals surface area contributed by atoms with Gasteiger partial charge in [-0.25, -0.2) is 0 Å². The lowest BCUT2D eigenvalue weighted by Gasteiger charge is -1.98. The molecule has 11 heavy (non-hydrogen) atoms. The van der Waals surface area contributed by atoms with E-state index in [1.807, 2.05) is 24.3 Å². The van der Waals surface area contributed by atoms with Crippen LogP contribution < -0.4 is 0 Å². The number of hydrogen-bond donors (Lipinski definition) is 0. The molecule has 0 aliphatic rings. The van der Waals surface area contributed by atoms with Gasteiger partial charge in [0.05, 0.1) is 0 Å². The molecule has 0 aromatic heterocycles. The van der Waals surface area contributed by atoms with E-state index in [0.717, 1.165) is 21.9 Å². The summed E-state index contributed by atoms with van der Waals surface area (Å²) >= 11 is 10.8. The van der Waals surface area contributed by atoms with Crippen LogP contribution in [0.1, 0.15) is 18.9 Å². The Morgan fingerprint density at radius 2 is 1.91 bits per heavy atom. The predicted molar refractivity (Wildman–Crippen MR) is 53.4 cm³/mol. The van der Waals surface area contributed by atoms with Gasteiger partial charge in [-0.05, 0) is 24.1 Å². The maximum atomic E-state index is 5.72. The highest BCUT2D eigenvalue weighted by Gasteiger charge is 1.96. The van der Waals surface area contributed by atoms with Crippen LogP contribution in [-0.4, -0.2) is 4.86 Å². The summed E-state index contributed by atoms with van der Waals surface area (Å²) in [6, 6.07) is 7.63. The number of rotatable bonds is 2. The highest BCUT2D eigenvalue weighted by atomic mass is 35.5. The zero-order valence-electron chi connectivity index (χ0n) is 6.30. The van der Waals surface area contributed by atoms with Gasteiger partial charge in [-0.3, -0.25) is 0 Å². The first-order valence-corrected chi connectivity index (χ1v) is 4.31. The van der Waals surface area contributed by atoms with Crippen LogP contribution in [-0.2, 0) is 0 Å². The lowest BCUT2D eigenvalue weighted by molar-refractivity contribution is 1.31. The Balaban J connectivity index is 2.90. The Kier molecular flexibility index (Phi) is 3.03. The van der Waals surface area contributed by atoms with E-state index in [0.29, 0.717) is 0 Å². The van der Waals surface area contributed by atoms with Gasteiger partial charge in [0.15, 0.2) is 0 Å². The zero-order valence-corrected chi connectivity index (χ0v) is 7.88. The molecule has 0 amide bonds. The van der Waals surface area contributed by atoms with Crippen molar-refractivity contribution in [3.63, 3.8) is 0 Å². The van der Waals surface area contributed by atoms with Crippen molar-refractivity contribution in [1.82, 2.24) is 0 Å². The Hall–Kier alpha value is -0.400. The number of benzene rings is 1. The summed E-state index contributed by atoms with van der Waals surface area (Å²) in [5, 5.41) is 0.757. The second kappa shape index (κ2) is 3.84. The summed E-state index contributed by atoms with van der Waals surface area (Å²) in [7, 11) is 0. The molecule has 1 aromatic carbocycles. The largest absolute Gasteiger partial charge is 0.0843 e. The Morgan fingerprint density at radius 3 is 2.36 bits per heavy atom.